The topological polar surface area (TPSA) is 53.4 Å². The van der Waals surface area contributed by atoms with Crippen LogP contribution in [0.25, 0.3) is 0 Å². The summed E-state index contributed by atoms with van der Waals surface area (Å²) in [5.74, 6) is -0.115. The molecule has 0 bridgehead atoms. The van der Waals surface area contributed by atoms with E-state index in [1.165, 1.54) is 11.6 Å². The molecule has 0 spiro atoms. The summed E-state index contributed by atoms with van der Waals surface area (Å²) in [4.78, 5) is 17.1. The molecule has 3 heterocycles. The van der Waals surface area contributed by atoms with E-state index in [4.69, 9.17) is 0 Å². The van der Waals surface area contributed by atoms with Gasteiger partial charge in [-0.3, -0.25) is 9.69 Å². The molecule has 5 rings (SSSR count). The maximum atomic E-state index is 14.0. The van der Waals surface area contributed by atoms with Crippen molar-refractivity contribution in [2.75, 3.05) is 31.5 Å². The summed E-state index contributed by atoms with van der Waals surface area (Å²) >= 11 is 0. The molecule has 35 heavy (non-hydrogen) atoms. The van der Waals surface area contributed by atoms with Crippen LogP contribution < -0.4 is 5.32 Å². The third-order valence-electron chi connectivity index (χ3n) is 6.80. The number of carbonyl (C=O) groups is 1. The minimum Gasteiger partial charge on any atom is -0.363 e. The summed E-state index contributed by atoms with van der Waals surface area (Å²) in [5.41, 5.74) is 3.07. The number of nitrogens with one attached hydrogen (secondary N) is 1. The van der Waals surface area contributed by atoms with Crippen molar-refractivity contribution in [3.8, 4) is 0 Å². The van der Waals surface area contributed by atoms with Gasteiger partial charge in [0.15, 0.2) is 11.7 Å². The van der Waals surface area contributed by atoms with Gasteiger partial charge in [0.25, 0.3) is 5.91 Å². The molecule has 3 aromatic rings. The number of benzene rings is 2. The Bertz CT molecular complexity index is 1170. The molecular weight excluding hydrogens is 455 g/mol. The van der Waals surface area contributed by atoms with Crippen LogP contribution >= 0.6 is 0 Å². The first-order valence-corrected chi connectivity index (χ1v) is 11.8. The predicted octanol–water partition coefficient (Wildman–Crippen LogP) is 4.81. The number of rotatable bonds is 4. The fourth-order valence-corrected chi connectivity index (χ4v) is 4.81. The highest BCUT2D eigenvalue weighted by atomic mass is 19.4. The van der Waals surface area contributed by atoms with Gasteiger partial charge in [-0.05, 0) is 18.1 Å². The van der Waals surface area contributed by atoms with Gasteiger partial charge >= 0.3 is 6.18 Å². The van der Waals surface area contributed by atoms with E-state index in [2.05, 4.69) is 27.4 Å². The average Bonchev–Trinajstić information content (AvgIpc) is 3.28. The highest BCUT2D eigenvalue weighted by Gasteiger charge is 2.47. The molecule has 1 fully saturated rings. The molecule has 184 valence electrons. The maximum absolute atomic E-state index is 14.0. The highest BCUT2D eigenvalue weighted by molar-refractivity contribution is 5.93. The van der Waals surface area contributed by atoms with Crippen LogP contribution in [0.1, 0.15) is 45.7 Å². The normalized spacial score (nSPS) is 20.9. The summed E-state index contributed by atoms with van der Waals surface area (Å²) < 4.78 is 42.8. The second-order valence-electron chi connectivity index (χ2n) is 9.31. The number of fused-ring (bicyclic) bond motifs is 1. The first-order valence-electron chi connectivity index (χ1n) is 11.8. The molecule has 9 heteroatoms. The number of carbonyl (C=O) groups excluding carboxylic acids is 1. The zero-order chi connectivity index (χ0) is 24.6. The molecule has 0 aliphatic carbocycles. The van der Waals surface area contributed by atoms with Crippen LogP contribution in [0.3, 0.4) is 0 Å². The van der Waals surface area contributed by atoms with Crippen LogP contribution in [-0.2, 0) is 6.54 Å². The van der Waals surface area contributed by atoms with Gasteiger partial charge < -0.3 is 10.2 Å². The molecule has 2 aromatic carbocycles. The standard InChI is InChI=1S/C26H28F3N5O/c1-18-7-9-20(10-8-18)21-15-23(26(27,28)29)34-24(30-21)16-22(31-34)25(35)33-13-11-32(12-14-33)17-19-5-3-2-4-6-19/h2-10,16,21,23,30H,11-15,17H2,1H3/t21-,23+/m1/s1. The molecule has 1 N–H and O–H groups in total. The number of halogens is 3. The van der Waals surface area contributed by atoms with Gasteiger partial charge in [0.05, 0.1) is 6.04 Å². The zero-order valence-electron chi connectivity index (χ0n) is 19.5. The van der Waals surface area contributed by atoms with E-state index in [0.717, 1.165) is 22.4 Å². The van der Waals surface area contributed by atoms with Crippen molar-refractivity contribution in [2.24, 2.45) is 0 Å². The lowest BCUT2D eigenvalue weighted by atomic mass is 9.96. The van der Waals surface area contributed by atoms with Gasteiger partial charge in [-0.25, -0.2) is 4.68 Å². The smallest absolute Gasteiger partial charge is 0.363 e. The van der Waals surface area contributed by atoms with E-state index in [0.29, 0.717) is 26.2 Å². The SMILES string of the molecule is Cc1ccc([C@H]2C[C@@H](C(F)(F)F)n3nc(C(=O)N4CCN(Cc5ccccc5)CC4)cc3N2)cc1. The Morgan fingerprint density at radius 1 is 1.03 bits per heavy atom. The number of aromatic nitrogens is 2. The second-order valence-corrected chi connectivity index (χ2v) is 9.31. The van der Waals surface area contributed by atoms with E-state index >= 15 is 0 Å². The summed E-state index contributed by atoms with van der Waals surface area (Å²) in [7, 11) is 0. The Morgan fingerprint density at radius 2 is 1.71 bits per heavy atom. The number of alkyl halides is 3. The number of hydrogen-bond acceptors (Lipinski definition) is 4. The zero-order valence-corrected chi connectivity index (χ0v) is 19.5. The highest BCUT2D eigenvalue weighted by Crippen LogP contribution is 2.43. The minimum absolute atomic E-state index is 0.0443. The molecule has 0 radical (unpaired) electrons. The number of anilines is 1. The van der Waals surface area contributed by atoms with Crippen LogP contribution in [0, 0.1) is 6.92 Å². The molecular formula is C26H28F3N5O. The van der Waals surface area contributed by atoms with Crippen LogP contribution in [0.2, 0.25) is 0 Å². The van der Waals surface area contributed by atoms with Gasteiger partial charge in [0.1, 0.15) is 5.82 Å². The third-order valence-corrected chi connectivity index (χ3v) is 6.80. The van der Waals surface area contributed by atoms with Gasteiger partial charge in [-0.1, -0.05) is 60.2 Å². The lowest BCUT2D eigenvalue weighted by Gasteiger charge is -2.34. The molecule has 1 amide bonds. The molecule has 2 atom stereocenters. The summed E-state index contributed by atoms with van der Waals surface area (Å²) in [6.45, 7) is 5.16. The number of aryl methyl sites for hydroxylation is 1. The van der Waals surface area contributed by atoms with Crippen molar-refractivity contribution >= 4 is 11.7 Å². The third kappa shape index (κ3) is 5.05. The largest absolute Gasteiger partial charge is 0.410 e. The Kier molecular flexibility index (Phi) is 6.27. The Morgan fingerprint density at radius 3 is 2.37 bits per heavy atom. The molecule has 1 aromatic heterocycles. The molecule has 2 aliphatic rings. The minimum atomic E-state index is -4.48. The molecule has 0 saturated carbocycles. The first kappa shape index (κ1) is 23.4. The van der Waals surface area contributed by atoms with Gasteiger partial charge in [-0.15, -0.1) is 0 Å². The lowest BCUT2D eigenvalue weighted by molar-refractivity contribution is -0.173. The molecule has 2 aliphatic heterocycles. The average molecular weight is 484 g/mol. The van der Waals surface area contributed by atoms with Crippen LogP contribution in [0.4, 0.5) is 19.0 Å². The van der Waals surface area contributed by atoms with E-state index in [9.17, 15) is 18.0 Å². The fraction of sp³-hybridized carbons (Fsp3) is 0.385. The van der Waals surface area contributed by atoms with Crippen LogP contribution in [0.15, 0.2) is 60.7 Å². The Hall–Kier alpha value is -3.33. The number of nitrogens with zero attached hydrogens (tertiary/aromatic N) is 4. The van der Waals surface area contributed by atoms with Crippen molar-refractivity contribution in [1.82, 2.24) is 19.6 Å². The number of hydrogen-bond donors (Lipinski definition) is 1. The Balaban J connectivity index is 1.30. The first-order chi connectivity index (χ1) is 16.8. The van der Waals surface area contributed by atoms with E-state index in [1.54, 1.807) is 4.90 Å². The molecule has 1 saturated heterocycles. The summed E-state index contributed by atoms with van der Waals surface area (Å²) in [5, 5.41) is 7.30. The monoisotopic (exact) mass is 483 g/mol. The van der Waals surface area contributed by atoms with Crippen molar-refractivity contribution in [2.45, 2.75) is 38.1 Å². The van der Waals surface area contributed by atoms with Crippen molar-refractivity contribution in [1.29, 1.82) is 0 Å². The number of amides is 1. The van der Waals surface area contributed by atoms with Gasteiger partial charge in [0, 0.05) is 45.2 Å². The Labute approximate surface area is 202 Å². The van der Waals surface area contributed by atoms with Crippen molar-refractivity contribution in [3.63, 3.8) is 0 Å². The predicted molar refractivity (Wildman–Crippen MR) is 127 cm³/mol. The van der Waals surface area contributed by atoms with Gasteiger partial charge in [0.2, 0.25) is 0 Å². The van der Waals surface area contributed by atoms with E-state index in [-0.39, 0.29) is 23.8 Å². The van der Waals surface area contributed by atoms with Crippen LogP contribution in [0.5, 0.6) is 0 Å². The van der Waals surface area contributed by atoms with E-state index in [1.807, 2.05) is 49.4 Å². The molecule has 0 unspecified atom stereocenters. The molecule has 6 nitrogen and oxygen atoms in total. The summed E-state index contributed by atoms with van der Waals surface area (Å²) in [6, 6.07) is 16.7. The van der Waals surface area contributed by atoms with Crippen LogP contribution in [-0.4, -0.2) is 57.8 Å². The van der Waals surface area contributed by atoms with Crippen molar-refractivity contribution < 1.29 is 18.0 Å². The second kappa shape index (κ2) is 9.37. The number of piperazine rings is 1. The lowest BCUT2D eigenvalue weighted by Crippen LogP contribution is -2.48. The van der Waals surface area contributed by atoms with Gasteiger partial charge in [-0.2, -0.15) is 18.3 Å². The quantitative estimate of drug-likeness (QED) is 0.579. The van der Waals surface area contributed by atoms with Crippen molar-refractivity contribution in [3.05, 3.63) is 83.0 Å². The summed E-state index contributed by atoms with van der Waals surface area (Å²) in [6.07, 6.45) is -4.66. The fourth-order valence-electron chi connectivity index (χ4n) is 4.81. The maximum Gasteiger partial charge on any atom is 0.410 e. The van der Waals surface area contributed by atoms with E-state index < -0.39 is 18.3 Å².